The fraction of sp³-hybridized carbons (Fsp3) is 0.524. The molecule has 1 aliphatic rings. The van der Waals surface area contributed by atoms with Crippen molar-refractivity contribution >= 4 is 17.4 Å². The molecular weight excluding hydrogens is 342 g/mol. The van der Waals surface area contributed by atoms with Crippen LogP contribution in [0.15, 0.2) is 29.9 Å². The number of carbonyl (C=O) groups excluding carboxylic acids is 1. The first kappa shape index (κ1) is 18.9. The van der Waals surface area contributed by atoms with Crippen LogP contribution in [-0.2, 0) is 6.54 Å². The van der Waals surface area contributed by atoms with E-state index in [4.69, 9.17) is 0 Å². The highest BCUT2D eigenvalue weighted by Gasteiger charge is 2.24. The van der Waals surface area contributed by atoms with Gasteiger partial charge in [-0.15, -0.1) is 11.3 Å². The maximum atomic E-state index is 13.1. The van der Waals surface area contributed by atoms with Gasteiger partial charge >= 0.3 is 6.03 Å². The van der Waals surface area contributed by atoms with E-state index in [0.29, 0.717) is 6.54 Å². The van der Waals surface area contributed by atoms with Crippen molar-refractivity contribution < 1.29 is 4.79 Å². The fourth-order valence-electron chi connectivity index (χ4n) is 3.47. The number of thiazole rings is 1. The largest absolute Gasteiger partial charge is 0.325 e. The lowest BCUT2D eigenvalue weighted by molar-refractivity contribution is 0.132. The monoisotopic (exact) mass is 371 g/mol. The van der Waals surface area contributed by atoms with E-state index in [9.17, 15) is 4.79 Å². The lowest BCUT2D eigenvalue weighted by atomic mass is 9.99. The van der Waals surface area contributed by atoms with Crippen LogP contribution in [0, 0.1) is 12.8 Å². The van der Waals surface area contributed by atoms with Crippen molar-refractivity contribution in [3.05, 3.63) is 41.0 Å². The Bertz CT molecular complexity index is 721. The van der Waals surface area contributed by atoms with Gasteiger partial charge in [-0.1, -0.05) is 26.0 Å². The minimum Gasteiger partial charge on any atom is -0.325 e. The average Bonchev–Trinajstić information content (AvgIpc) is 3.18. The molecule has 0 spiro atoms. The van der Waals surface area contributed by atoms with Crippen LogP contribution in [0.1, 0.15) is 44.2 Å². The molecule has 4 nitrogen and oxygen atoms in total. The fourth-order valence-corrected chi connectivity index (χ4v) is 4.09. The maximum absolute atomic E-state index is 13.1. The van der Waals surface area contributed by atoms with E-state index in [2.05, 4.69) is 44.0 Å². The van der Waals surface area contributed by atoms with E-state index in [0.717, 1.165) is 44.8 Å². The number of amides is 2. The van der Waals surface area contributed by atoms with Crippen LogP contribution < -0.4 is 0 Å². The molecule has 3 rings (SSSR count). The Morgan fingerprint density at radius 3 is 2.77 bits per heavy atom. The molecule has 0 N–H and O–H groups in total. The van der Waals surface area contributed by atoms with Gasteiger partial charge in [0.05, 0.1) is 10.4 Å². The number of likely N-dealkylation sites (tertiary alicyclic amines) is 1. The molecule has 1 saturated heterocycles. The smallest absolute Gasteiger partial charge is 0.320 e. The van der Waals surface area contributed by atoms with Gasteiger partial charge in [-0.3, -0.25) is 4.98 Å². The number of aryl methyl sites for hydroxylation is 1. The number of benzene rings is 1. The molecule has 0 atom stereocenters. The minimum absolute atomic E-state index is 0.196. The maximum Gasteiger partial charge on any atom is 0.320 e. The highest BCUT2D eigenvalue weighted by Crippen LogP contribution is 2.26. The summed E-state index contributed by atoms with van der Waals surface area (Å²) in [5, 5.41) is 0. The molecule has 0 bridgehead atoms. The number of urea groups is 1. The van der Waals surface area contributed by atoms with Crippen LogP contribution in [0.2, 0.25) is 0 Å². The summed E-state index contributed by atoms with van der Waals surface area (Å²) >= 11 is 1.65. The van der Waals surface area contributed by atoms with E-state index >= 15 is 0 Å². The molecule has 0 saturated carbocycles. The lowest BCUT2D eigenvalue weighted by Crippen LogP contribution is -2.46. The van der Waals surface area contributed by atoms with Crippen molar-refractivity contribution in [3.8, 4) is 10.4 Å². The molecule has 1 fully saturated rings. The Labute approximate surface area is 160 Å². The van der Waals surface area contributed by atoms with Crippen LogP contribution >= 0.6 is 11.3 Å². The number of rotatable bonds is 5. The van der Waals surface area contributed by atoms with Crippen LogP contribution in [-0.4, -0.2) is 40.4 Å². The van der Waals surface area contributed by atoms with Crippen molar-refractivity contribution in [3.63, 3.8) is 0 Å². The summed E-state index contributed by atoms with van der Waals surface area (Å²) in [6.07, 6.45) is 5.11. The summed E-state index contributed by atoms with van der Waals surface area (Å²) in [5.74, 6) is 0.733. The molecule has 26 heavy (non-hydrogen) atoms. The molecule has 2 aromatic rings. The zero-order chi connectivity index (χ0) is 18.5. The molecule has 0 radical (unpaired) electrons. The summed E-state index contributed by atoms with van der Waals surface area (Å²) in [4.78, 5) is 22.5. The normalized spacial score (nSPS) is 15.3. The molecule has 2 amide bonds. The number of carbonyl (C=O) groups is 1. The van der Waals surface area contributed by atoms with Crippen LogP contribution in [0.25, 0.3) is 10.4 Å². The van der Waals surface area contributed by atoms with E-state index in [1.54, 1.807) is 11.3 Å². The summed E-state index contributed by atoms with van der Waals surface area (Å²) in [5.41, 5.74) is 5.50. The summed E-state index contributed by atoms with van der Waals surface area (Å²) in [6, 6.07) is 6.71. The number of hydrogen-bond donors (Lipinski definition) is 0. The molecule has 0 unspecified atom stereocenters. The van der Waals surface area contributed by atoms with Crippen molar-refractivity contribution in [2.45, 2.75) is 46.6 Å². The molecule has 140 valence electrons. The molecular formula is C21H29N3OS. The first-order chi connectivity index (χ1) is 12.6. The number of nitrogens with zero attached hydrogens (tertiary/aromatic N) is 3. The second-order valence-corrected chi connectivity index (χ2v) is 8.27. The third-order valence-electron chi connectivity index (χ3n) is 5.25. The van der Waals surface area contributed by atoms with Gasteiger partial charge in [0, 0.05) is 32.4 Å². The van der Waals surface area contributed by atoms with E-state index < -0.39 is 0 Å². The third-order valence-corrected chi connectivity index (χ3v) is 6.07. The van der Waals surface area contributed by atoms with Crippen molar-refractivity contribution in [2.24, 2.45) is 5.92 Å². The van der Waals surface area contributed by atoms with Crippen LogP contribution in [0.4, 0.5) is 4.79 Å². The van der Waals surface area contributed by atoms with E-state index in [1.165, 1.54) is 21.6 Å². The molecule has 2 heterocycles. The lowest BCUT2D eigenvalue weighted by Gasteiger charge is -2.35. The average molecular weight is 372 g/mol. The van der Waals surface area contributed by atoms with Gasteiger partial charge < -0.3 is 9.80 Å². The minimum atomic E-state index is 0.196. The van der Waals surface area contributed by atoms with Crippen LogP contribution in [0.3, 0.4) is 0 Å². The standard InChI is InChI=1S/C21H29N3OS/c1-4-9-24(21(25)23-10-7-16(2)8-11-23)14-19-12-18(6-5-17(19)3)20-13-22-15-26-20/h5-6,12-13,15-16H,4,7-11,14H2,1-3H3. The Morgan fingerprint density at radius 2 is 2.12 bits per heavy atom. The van der Waals surface area contributed by atoms with E-state index in [-0.39, 0.29) is 6.03 Å². The summed E-state index contributed by atoms with van der Waals surface area (Å²) < 4.78 is 0. The van der Waals surface area contributed by atoms with Crippen molar-refractivity contribution in [2.75, 3.05) is 19.6 Å². The van der Waals surface area contributed by atoms with E-state index in [1.807, 2.05) is 21.5 Å². The SMILES string of the molecule is CCCN(Cc1cc(-c2cncs2)ccc1C)C(=O)N1CCC(C)CC1. The molecule has 1 aliphatic heterocycles. The predicted octanol–water partition coefficient (Wildman–Crippen LogP) is 5.18. The quantitative estimate of drug-likeness (QED) is 0.726. The van der Waals surface area contributed by atoms with Gasteiger partial charge in [0.2, 0.25) is 0 Å². The highest BCUT2D eigenvalue weighted by molar-refractivity contribution is 7.13. The van der Waals surface area contributed by atoms with Gasteiger partial charge in [-0.2, -0.15) is 0 Å². The Hall–Kier alpha value is -1.88. The molecule has 1 aromatic carbocycles. The highest BCUT2D eigenvalue weighted by atomic mass is 32.1. The Morgan fingerprint density at radius 1 is 1.35 bits per heavy atom. The molecule has 0 aliphatic carbocycles. The first-order valence-electron chi connectivity index (χ1n) is 9.60. The molecule has 1 aromatic heterocycles. The zero-order valence-electron chi connectivity index (χ0n) is 16.1. The van der Waals surface area contributed by atoms with Crippen LogP contribution in [0.5, 0.6) is 0 Å². The van der Waals surface area contributed by atoms with Gasteiger partial charge in [-0.25, -0.2) is 4.79 Å². The van der Waals surface area contributed by atoms with Gasteiger partial charge in [-0.05, 0) is 54.9 Å². The summed E-state index contributed by atoms with van der Waals surface area (Å²) in [7, 11) is 0. The van der Waals surface area contributed by atoms with Crippen molar-refractivity contribution in [1.82, 2.24) is 14.8 Å². The van der Waals surface area contributed by atoms with Crippen molar-refractivity contribution in [1.29, 1.82) is 0 Å². The van der Waals surface area contributed by atoms with Gasteiger partial charge in [0.25, 0.3) is 0 Å². The third kappa shape index (κ3) is 4.44. The number of piperidine rings is 1. The first-order valence-corrected chi connectivity index (χ1v) is 10.5. The van der Waals surface area contributed by atoms with Gasteiger partial charge in [0.1, 0.15) is 0 Å². The number of aromatic nitrogens is 1. The Balaban J connectivity index is 1.77. The van der Waals surface area contributed by atoms with Gasteiger partial charge in [0.15, 0.2) is 0 Å². The number of hydrogen-bond acceptors (Lipinski definition) is 3. The second-order valence-electron chi connectivity index (χ2n) is 7.38. The molecule has 5 heteroatoms. The second kappa shape index (κ2) is 8.67. The predicted molar refractivity (Wildman–Crippen MR) is 108 cm³/mol. The Kier molecular flexibility index (Phi) is 6.30. The topological polar surface area (TPSA) is 36.4 Å². The summed E-state index contributed by atoms with van der Waals surface area (Å²) in [6.45, 7) is 9.80. The zero-order valence-corrected chi connectivity index (χ0v) is 16.9.